The number of hydrogen-bond donors (Lipinski definition) is 0. The average Bonchev–Trinajstić information content (AvgIpc) is 2.48. The summed E-state index contributed by atoms with van der Waals surface area (Å²) in [5.41, 5.74) is -0.0456. The van der Waals surface area contributed by atoms with Gasteiger partial charge in [0.05, 0.1) is 10.7 Å². The number of furan rings is 1. The van der Waals surface area contributed by atoms with Crippen molar-refractivity contribution in [2.75, 3.05) is 0 Å². The van der Waals surface area contributed by atoms with E-state index in [-0.39, 0.29) is 10.1 Å². The molecule has 0 spiro atoms. The van der Waals surface area contributed by atoms with E-state index in [1.165, 1.54) is 12.3 Å². The topological polar surface area (TPSA) is 13.1 Å². The van der Waals surface area contributed by atoms with Crippen molar-refractivity contribution < 1.29 is 13.2 Å². The standard InChI is InChI=1S/C8H3BrF2O/c9-5-3-4-1-2-12-8(4)7(11)6(5)10/h1-3H. The first-order valence-electron chi connectivity index (χ1n) is 3.21. The Balaban J connectivity index is 2.94. The number of hydrogen-bond acceptors (Lipinski definition) is 1. The minimum Gasteiger partial charge on any atom is -0.461 e. The van der Waals surface area contributed by atoms with Crippen LogP contribution in [0.3, 0.4) is 0 Å². The first-order chi connectivity index (χ1) is 5.70. The Morgan fingerprint density at radius 3 is 2.75 bits per heavy atom. The van der Waals surface area contributed by atoms with Crippen LogP contribution < -0.4 is 0 Å². The van der Waals surface area contributed by atoms with Crippen molar-refractivity contribution in [2.45, 2.75) is 0 Å². The van der Waals surface area contributed by atoms with Crippen LogP contribution in [0.2, 0.25) is 0 Å². The van der Waals surface area contributed by atoms with E-state index in [0.717, 1.165) is 0 Å². The summed E-state index contributed by atoms with van der Waals surface area (Å²) in [5.74, 6) is -1.87. The van der Waals surface area contributed by atoms with Gasteiger partial charge in [0.15, 0.2) is 11.4 Å². The van der Waals surface area contributed by atoms with Crippen LogP contribution in [0.5, 0.6) is 0 Å². The summed E-state index contributed by atoms with van der Waals surface area (Å²) < 4.78 is 30.7. The SMILES string of the molecule is Fc1c(Br)cc2ccoc2c1F. The predicted molar refractivity (Wildman–Crippen MR) is 43.8 cm³/mol. The second-order valence-corrected chi connectivity index (χ2v) is 3.18. The molecule has 1 aromatic heterocycles. The van der Waals surface area contributed by atoms with Crippen molar-refractivity contribution in [3.8, 4) is 0 Å². The molecular formula is C8H3BrF2O. The summed E-state index contributed by atoms with van der Waals surface area (Å²) >= 11 is 2.90. The molecule has 0 saturated carbocycles. The van der Waals surface area contributed by atoms with Crippen LogP contribution in [0, 0.1) is 11.6 Å². The lowest BCUT2D eigenvalue weighted by atomic mass is 10.2. The number of benzene rings is 1. The van der Waals surface area contributed by atoms with Gasteiger partial charge in [-0.25, -0.2) is 4.39 Å². The first-order valence-corrected chi connectivity index (χ1v) is 4.00. The van der Waals surface area contributed by atoms with Gasteiger partial charge in [-0.2, -0.15) is 4.39 Å². The molecule has 4 heteroatoms. The number of halogens is 3. The monoisotopic (exact) mass is 232 g/mol. The van der Waals surface area contributed by atoms with Crippen molar-refractivity contribution in [1.82, 2.24) is 0 Å². The maximum Gasteiger partial charge on any atom is 0.203 e. The van der Waals surface area contributed by atoms with Crippen LogP contribution in [0.4, 0.5) is 8.78 Å². The minimum absolute atomic E-state index is 0.0456. The van der Waals surface area contributed by atoms with Gasteiger partial charge in [0.1, 0.15) is 0 Å². The van der Waals surface area contributed by atoms with Crippen LogP contribution in [0.15, 0.2) is 27.3 Å². The lowest BCUT2D eigenvalue weighted by Crippen LogP contribution is -1.85. The highest BCUT2D eigenvalue weighted by Gasteiger charge is 2.13. The van der Waals surface area contributed by atoms with Crippen LogP contribution in [-0.2, 0) is 0 Å². The molecule has 0 bridgehead atoms. The summed E-state index contributed by atoms with van der Waals surface area (Å²) in [4.78, 5) is 0. The summed E-state index contributed by atoms with van der Waals surface area (Å²) in [6, 6.07) is 3.04. The van der Waals surface area contributed by atoms with Gasteiger partial charge in [-0.15, -0.1) is 0 Å². The lowest BCUT2D eigenvalue weighted by Gasteiger charge is -1.95. The van der Waals surface area contributed by atoms with Crippen LogP contribution in [-0.4, -0.2) is 0 Å². The third kappa shape index (κ3) is 0.948. The van der Waals surface area contributed by atoms with Gasteiger partial charge in [-0.3, -0.25) is 0 Å². The van der Waals surface area contributed by atoms with E-state index in [1.54, 1.807) is 6.07 Å². The van der Waals surface area contributed by atoms with Crippen LogP contribution in [0.25, 0.3) is 11.0 Å². The van der Waals surface area contributed by atoms with E-state index in [0.29, 0.717) is 5.39 Å². The van der Waals surface area contributed by atoms with E-state index < -0.39 is 11.6 Å². The molecule has 1 heterocycles. The maximum atomic E-state index is 13.0. The second-order valence-electron chi connectivity index (χ2n) is 2.33. The van der Waals surface area contributed by atoms with Crippen LogP contribution >= 0.6 is 15.9 Å². The smallest absolute Gasteiger partial charge is 0.203 e. The number of fused-ring (bicyclic) bond motifs is 1. The molecule has 0 radical (unpaired) electrons. The zero-order chi connectivity index (χ0) is 8.72. The van der Waals surface area contributed by atoms with Gasteiger partial charge in [0.25, 0.3) is 0 Å². The van der Waals surface area contributed by atoms with Gasteiger partial charge in [0.2, 0.25) is 5.82 Å². The Morgan fingerprint density at radius 2 is 2.00 bits per heavy atom. The molecule has 12 heavy (non-hydrogen) atoms. The molecule has 0 saturated heterocycles. The molecule has 2 aromatic rings. The van der Waals surface area contributed by atoms with Crippen molar-refractivity contribution in [1.29, 1.82) is 0 Å². The van der Waals surface area contributed by atoms with E-state index >= 15 is 0 Å². The van der Waals surface area contributed by atoms with Crippen molar-refractivity contribution in [2.24, 2.45) is 0 Å². The molecule has 1 aromatic carbocycles. The normalized spacial score (nSPS) is 10.9. The molecular weight excluding hydrogens is 230 g/mol. The zero-order valence-electron chi connectivity index (χ0n) is 5.77. The predicted octanol–water partition coefficient (Wildman–Crippen LogP) is 3.47. The van der Waals surface area contributed by atoms with Gasteiger partial charge in [0, 0.05) is 5.39 Å². The summed E-state index contributed by atoms with van der Waals surface area (Å²) in [5, 5.41) is 0.542. The molecule has 0 fully saturated rings. The second kappa shape index (κ2) is 2.55. The largest absolute Gasteiger partial charge is 0.461 e. The molecule has 0 unspecified atom stereocenters. The fourth-order valence-electron chi connectivity index (χ4n) is 1.02. The van der Waals surface area contributed by atoms with Gasteiger partial charge in [-0.1, -0.05) is 0 Å². The summed E-state index contributed by atoms with van der Waals surface area (Å²) in [6.45, 7) is 0. The molecule has 0 aliphatic heterocycles. The van der Waals surface area contributed by atoms with Gasteiger partial charge < -0.3 is 4.42 Å². The minimum atomic E-state index is -0.954. The Kier molecular flexibility index (Phi) is 1.65. The highest BCUT2D eigenvalue weighted by molar-refractivity contribution is 9.10. The number of rotatable bonds is 0. The summed E-state index contributed by atoms with van der Waals surface area (Å²) in [7, 11) is 0. The van der Waals surface area contributed by atoms with Crippen molar-refractivity contribution in [3.63, 3.8) is 0 Å². The highest BCUT2D eigenvalue weighted by atomic mass is 79.9. The fraction of sp³-hybridized carbons (Fsp3) is 0. The van der Waals surface area contributed by atoms with Gasteiger partial charge in [-0.05, 0) is 28.1 Å². The third-order valence-electron chi connectivity index (χ3n) is 1.58. The molecule has 0 N–H and O–H groups in total. The Labute approximate surface area is 75.1 Å². The van der Waals surface area contributed by atoms with E-state index in [1.807, 2.05) is 0 Å². The van der Waals surface area contributed by atoms with Crippen molar-refractivity contribution >= 4 is 26.9 Å². The molecule has 62 valence electrons. The third-order valence-corrected chi connectivity index (χ3v) is 2.16. The first kappa shape index (κ1) is 7.73. The quantitative estimate of drug-likeness (QED) is 0.635. The zero-order valence-corrected chi connectivity index (χ0v) is 7.36. The molecule has 0 amide bonds. The van der Waals surface area contributed by atoms with E-state index in [2.05, 4.69) is 15.9 Å². The maximum absolute atomic E-state index is 13.0. The highest BCUT2D eigenvalue weighted by Crippen LogP contribution is 2.27. The van der Waals surface area contributed by atoms with Crippen molar-refractivity contribution in [3.05, 3.63) is 34.5 Å². The Hall–Kier alpha value is -0.900. The van der Waals surface area contributed by atoms with E-state index in [9.17, 15) is 8.78 Å². The lowest BCUT2D eigenvalue weighted by molar-refractivity contribution is 0.488. The Bertz CT molecular complexity index is 436. The summed E-state index contributed by atoms with van der Waals surface area (Å²) in [6.07, 6.45) is 1.32. The van der Waals surface area contributed by atoms with E-state index in [4.69, 9.17) is 4.42 Å². The molecule has 0 aliphatic carbocycles. The fourth-order valence-corrected chi connectivity index (χ4v) is 1.44. The Morgan fingerprint density at radius 1 is 1.25 bits per heavy atom. The van der Waals surface area contributed by atoms with Gasteiger partial charge >= 0.3 is 0 Å². The molecule has 0 atom stereocenters. The van der Waals surface area contributed by atoms with Crippen LogP contribution in [0.1, 0.15) is 0 Å². The molecule has 2 rings (SSSR count). The molecule has 0 aliphatic rings. The molecule has 1 nitrogen and oxygen atoms in total. The average molecular weight is 233 g/mol.